The molecule has 0 aliphatic heterocycles. The van der Waals surface area contributed by atoms with Gasteiger partial charge in [-0.05, 0) is 46.5 Å². The van der Waals surface area contributed by atoms with Gasteiger partial charge in [-0.2, -0.15) is 0 Å². The van der Waals surface area contributed by atoms with Crippen LogP contribution < -0.4 is 5.32 Å². The Labute approximate surface area is 161 Å². The first-order chi connectivity index (χ1) is 12.0. The van der Waals surface area contributed by atoms with Gasteiger partial charge >= 0.3 is 0 Å². The zero-order valence-corrected chi connectivity index (χ0v) is 18.1. The van der Waals surface area contributed by atoms with E-state index < -0.39 is 17.2 Å². The number of nitrogens with one attached hydrogen (secondary N) is 1. The van der Waals surface area contributed by atoms with Crippen molar-refractivity contribution in [2.75, 3.05) is 45.8 Å². The number of hydrogen-bond acceptors (Lipinski definition) is 6. The first-order valence-corrected chi connectivity index (χ1v) is 10.5. The van der Waals surface area contributed by atoms with Crippen molar-refractivity contribution in [2.24, 2.45) is 5.92 Å². The third kappa shape index (κ3) is 13.1. The molecule has 0 saturated heterocycles. The molecule has 3 unspecified atom stereocenters. The third-order valence-electron chi connectivity index (χ3n) is 4.58. The van der Waals surface area contributed by atoms with Crippen LogP contribution in [0.4, 0.5) is 0 Å². The molecule has 0 aromatic rings. The van der Waals surface area contributed by atoms with Crippen molar-refractivity contribution in [3.8, 4) is 0 Å². The second-order valence-corrected chi connectivity index (χ2v) is 8.98. The molecule has 0 saturated carbocycles. The van der Waals surface area contributed by atoms with Crippen molar-refractivity contribution in [3.63, 3.8) is 0 Å². The average molecular weight is 398 g/mol. The van der Waals surface area contributed by atoms with Crippen molar-refractivity contribution in [1.82, 2.24) is 5.32 Å². The number of aliphatic hydroxyl groups is 1. The highest BCUT2D eigenvalue weighted by atomic mass is 32.2. The fourth-order valence-corrected chi connectivity index (χ4v) is 2.46. The smallest absolute Gasteiger partial charge is 0.152 e. The van der Waals surface area contributed by atoms with Crippen molar-refractivity contribution in [1.29, 1.82) is 0 Å². The molecule has 0 spiro atoms. The lowest BCUT2D eigenvalue weighted by atomic mass is 9.89. The second-order valence-electron chi connectivity index (χ2n) is 7.93. The van der Waals surface area contributed by atoms with Gasteiger partial charge in [0.05, 0.1) is 30.7 Å². The minimum Gasteiger partial charge on any atom is -0.389 e. The van der Waals surface area contributed by atoms with E-state index in [1.165, 1.54) is 0 Å². The monoisotopic (exact) mass is 397 g/mol. The summed E-state index contributed by atoms with van der Waals surface area (Å²) in [5, 5.41) is 13.4. The van der Waals surface area contributed by atoms with Gasteiger partial charge in [-0.15, -0.1) is 0 Å². The SMILES string of the molecule is COCCC(C)(C)OCC(C)C(C)(C)NCC(O)COCCCS(=O)O. The molecule has 0 bridgehead atoms. The minimum absolute atomic E-state index is 0.194. The van der Waals surface area contributed by atoms with Gasteiger partial charge in [-0.25, -0.2) is 4.21 Å². The van der Waals surface area contributed by atoms with Crippen LogP contribution in [0.5, 0.6) is 0 Å². The molecule has 0 fully saturated rings. The van der Waals surface area contributed by atoms with Gasteiger partial charge in [-0.1, -0.05) is 6.92 Å². The number of ether oxygens (including phenoxy) is 3. The molecule has 0 aromatic heterocycles. The molecule has 0 aliphatic rings. The number of hydrogen-bond donors (Lipinski definition) is 3. The Hall–Kier alpha value is -0.0900. The summed E-state index contributed by atoms with van der Waals surface area (Å²) in [5.74, 6) is 0.441. The van der Waals surface area contributed by atoms with Crippen LogP contribution in [0.3, 0.4) is 0 Å². The maximum atomic E-state index is 10.5. The number of rotatable bonds is 16. The molecule has 3 N–H and O–H groups in total. The standard InChI is InChI=1S/C18H39NO6S/c1-15(13-25-17(2,3)8-10-23-6)18(4,5)19-12-16(20)14-24-9-7-11-26(21)22/h15-16,19-20H,7-14H2,1-6H3,(H,21,22). The van der Waals surface area contributed by atoms with Gasteiger partial charge in [0.15, 0.2) is 11.1 Å². The van der Waals surface area contributed by atoms with Crippen LogP contribution in [-0.4, -0.2) is 76.9 Å². The van der Waals surface area contributed by atoms with E-state index in [1.807, 2.05) is 0 Å². The maximum absolute atomic E-state index is 10.5. The van der Waals surface area contributed by atoms with Crippen LogP contribution in [0, 0.1) is 5.92 Å². The Kier molecular flexibility index (Phi) is 13.1. The number of methoxy groups -OCH3 is 1. The summed E-state index contributed by atoms with van der Waals surface area (Å²) >= 11 is -1.78. The van der Waals surface area contributed by atoms with Crippen molar-refractivity contribution < 1.29 is 28.1 Å². The predicted molar refractivity (Wildman–Crippen MR) is 105 cm³/mol. The summed E-state index contributed by atoms with van der Waals surface area (Å²) in [4.78, 5) is 0. The van der Waals surface area contributed by atoms with Gasteiger partial charge in [-0.3, -0.25) is 0 Å². The first-order valence-electron chi connectivity index (χ1n) is 9.21. The highest BCUT2D eigenvalue weighted by molar-refractivity contribution is 7.79. The summed E-state index contributed by atoms with van der Waals surface area (Å²) < 4.78 is 35.7. The summed E-state index contributed by atoms with van der Waals surface area (Å²) in [6, 6.07) is 0. The fourth-order valence-electron chi connectivity index (χ4n) is 2.10. The van der Waals surface area contributed by atoms with E-state index in [4.69, 9.17) is 18.8 Å². The molecular weight excluding hydrogens is 358 g/mol. The quantitative estimate of drug-likeness (QED) is 0.270. The third-order valence-corrected chi connectivity index (χ3v) is 5.21. The molecule has 3 atom stereocenters. The topological polar surface area (TPSA) is 97.3 Å². The average Bonchev–Trinajstić information content (AvgIpc) is 2.55. The largest absolute Gasteiger partial charge is 0.389 e. The van der Waals surface area contributed by atoms with Crippen molar-refractivity contribution in [3.05, 3.63) is 0 Å². The second kappa shape index (κ2) is 13.1. The van der Waals surface area contributed by atoms with Gasteiger partial charge in [0.2, 0.25) is 0 Å². The van der Waals surface area contributed by atoms with Gasteiger partial charge in [0.25, 0.3) is 0 Å². The summed E-state index contributed by atoms with van der Waals surface area (Å²) in [6.07, 6.45) is 0.714. The van der Waals surface area contributed by atoms with Crippen LogP contribution in [-0.2, 0) is 25.3 Å². The molecule has 0 rings (SSSR count). The first kappa shape index (κ1) is 25.9. The van der Waals surface area contributed by atoms with Gasteiger partial charge < -0.3 is 29.2 Å². The van der Waals surface area contributed by atoms with E-state index in [0.29, 0.717) is 32.8 Å². The Morgan fingerprint density at radius 3 is 2.38 bits per heavy atom. The van der Waals surface area contributed by atoms with E-state index in [-0.39, 0.29) is 29.4 Å². The molecule has 0 aromatic carbocycles. The molecule has 26 heavy (non-hydrogen) atoms. The molecule has 7 nitrogen and oxygen atoms in total. The van der Waals surface area contributed by atoms with Gasteiger partial charge in [0.1, 0.15) is 0 Å². The van der Waals surface area contributed by atoms with Crippen molar-refractivity contribution >= 4 is 11.1 Å². The summed E-state index contributed by atoms with van der Waals surface area (Å²) in [7, 11) is 1.69. The van der Waals surface area contributed by atoms with E-state index in [0.717, 1.165) is 6.42 Å². The van der Waals surface area contributed by atoms with Crippen LogP contribution >= 0.6 is 0 Å². The highest BCUT2D eigenvalue weighted by Crippen LogP contribution is 2.21. The zero-order chi connectivity index (χ0) is 20.2. The number of β-amino-alcohol motifs (C(OH)–C–C–N with tert-alkyl or cyclic N) is 1. The highest BCUT2D eigenvalue weighted by Gasteiger charge is 2.28. The predicted octanol–water partition coefficient (Wildman–Crippen LogP) is 1.81. The minimum atomic E-state index is -1.78. The fraction of sp³-hybridized carbons (Fsp3) is 1.00. The molecule has 0 radical (unpaired) electrons. The molecule has 0 heterocycles. The van der Waals surface area contributed by atoms with E-state index in [2.05, 4.69) is 39.9 Å². The van der Waals surface area contributed by atoms with E-state index >= 15 is 0 Å². The van der Waals surface area contributed by atoms with E-state index in [9.17, 15) is 9.32 Å². The Balaban J connectivity index is 4.08. The van der Waals surface area contributed by atoms with Crippen LogP contribution in [0.25, 0.3) is 0 Å². The Morgan fingerprint density at radius 2 is 1.81 bits per heavy atom. The zero-order valence-electron chi connectivity index (χ0n) is 17.2. The van der Waals surface area contributed by atoms with Crippen LogP contribution in [0.15, 0.2) is 0 Å². The number of aliphatic hydroxyl groups excluding tert-OH is 1. The van der Waals surface area contributed by atoms with E-state index in [1.54, 1.807) is 7.11 Å². The molecule has 0 aliphatic carbocycles. The lowest BCUT2D eigenvalue weighted by Gasteiger charge is -2.36. The van der Waals surface area contributed by atoms with Crippen LogP contribution in [0.1, 0.15) is 47.5 Å². The Morgan fingerprint density at radius 1 is 1.15 bits per heavy atom. The summed E-state index contributed by atoms with van der Waals surface area (Å²) in [6.45, 7) is 12.7. The molecule has 8 heteroatoms. The van der Waals surface area contributed by atoms with Crippen LogP contribution in [0.2, 0.25) is 0 Å². The Bertz CT molecular complexity index is 392. The molecular formula is C18H39NO6S. The molecule has 0 amide bonds. The lowest BCUT2D eigenvalue weighted by molar-refractivity contribution is -0.0603. The maximum Gasteiger partial charge on any atom is 0.152 e. The van der Waals surface area contributed by atoms with Gasteiger partial charge in [0, 0.05) is 32.4 Å². The van der Waals surface area contributed by atoms with Crippen molar-refractivity contribution in [2.45, 2.75) is 64.7 Å². The lowest BCUT2D eigenvalue weighted by Crippen LogP contribution is -2.50. The normalized spacial score (nSPS) is 16.5. The summed E-state index contributed by atoms with van der Waals surface area (Å²) in [5.41, 5.74) is -0.432. The molecule has 158 valence electrons.